The second-order valence-electron chi connectivity index (χ2n) is 5.20. The Hall–Kier alpha value is 0. The first-order valence-electron chi connectivity index (χ1n) is 5.20. The van der Waals surface area contributed by atoms with Gasteiger partial charge in [-0.3, -0.25) is 0 Å². The molecule has 0 atom stereocenters. The van der Waals surface area contributed by atoms with E-state index in [2.05, 4.69) is 62.3 Å². The third kappa shape index (κ3) is 0. The molecular formula is C12H30. The molecule has 0 unspecified atom stereocenters. The molecule has 0 nitrogen and oxygen atoms in total. The summed E-state index contributed by atoms with van der Waals surface area (Å²) in [5.74, 6) is 2.50. The predicted molar refractivity (Wildman–Crippen MR) is 61.5 cm³/mol. The summed E-state index contributed by atoms with van der Waals surface area (Å²) >= 11 is 0. The first kappa shape index (κ1) is 17.9. The van der Waals surface area contributed by atoms with Gasteiger partial charge in [0.05, 0.1) is 0 Å². The summed E-state index contributed by atoms with van der Waals surface area (Å²) in [6.45, 7) is 19.5. The topological polar surface area (TPSA) is 0 Å². The van der Waals surface area contributed by atoms with Crippen LogP contribution in [0, 0.1) is 17.8 Å². The Bertz CT molecular complexity index is 28.5. The Balaban J connectivity index is -0.000000101. The fraction of sp³-hybridized carbons (Fsp3) is 1.00. The Kier molecular flexibility index (Phi) is 20.3. The van der Waals surface area contributed by atoms with E-state index in [9.17, 15) is 0 Å². The molecule has 0 spiro atoms. The lowest BCUT2D eigenvalue weighted by molar-refractivity contribution is 0.736. The largest absolute Gasteiger partial charge is 0.0630 e. The molecule has 78 valence electrons. The number of hydrogen-bond acceptors (Lipinski definition) is 0. The van der Waals surface area contributed by atoms with Crippen molar-refractivity contribution in [1.82, 2.24) is 0 Å². The smallest absolute Gasteiger partial charge is 0.0500 e. The van der Waals surface area contributed by atoms with Crippen molar-refractivity contribution >= 4 is 0 Å². The van der Waals surface area contributed by atoms with Crippen LogP contribution >= 0.6 is 0 Å². The fourth-order valence-electron chi connectivity index (χ4n) is 0. The van der Waals surface area contributed by atoms with Crippen molar-refractivity contribution in [3.63, 3.8) is 0 Å². The van der Waals surface area contributed by atoms with Gasteiger partial charge >= 0.3 is 0 Å². The SMILES string of the molecule is CC(C)C.CC(C)C.CC(C)C. The first-order valence-corrected chi connectivity index (χ1v) is 5.20. The average Bonchev–Trinajstić information content (AvgIpc) is 1.54. The van der Waals surface area contributed by atoms with Gasteiger partial charge in [0.2, 0.25) is 0 Å². The maximum absolute atomic E-state index is 2.17. The van der Waals surface area contributed by atoms with E-state index >= 15 is 0 Å². The average molecular weight is 174 g/mol. The summed E-state index contributed by atoms with van der Waals surface area (Å²) in [6.07, 6.45) is 0. The minimum absolute atomic E-state index is 0.833. The molecule has 0 radical (unpaired) electrons. The van der Waals surface area contributed by atoms with Crippen molar-refractivity contribution in [3.8, 4) is 0 Å². The molecule has 12 heavy (non-hydrogen) atoms. The van der Waals surface area contributed by atoms with Gasteiger partial charge in [-0.2, -0.15) is 0 Å². The summed E-state index contributed by atoms with van der Waals surface area (Å²) in [4.78, 5) is 0. The Morgan fingerprint density at radius 3 is 0.333 bits per heavy atom. The summed E-state index contributed by atoms with van der Waals surface area (Å²) in [5, 5.41) is 0. The van der Waals surface area contributed by atoms with Gasteiger partial charge in [0.15, 0.2) is 0 Å². The molecule has 0 aromatic heterocycles. The summed E-state index contributed by atoms with van der Waals surface area (Å²) < 4.78 is 0. The Labute approximate surface area is 80.8 Å². The second-order valence-corrected chi connectivity index (χ2v) is 5.20. The minimum atomic E-state index is 0.833. The lowest BCUT2D eigenvalue weighted by Crippen LogP contribution is -1.66. The number of rotatable bonds is 0. The van der Waals surface area contributed by atoms with Gasteiger partial charge in [-0.05, 0) is 17.8 Å². The van der Waals surface area contributed by atoms with Crippen LogP contribution in [0.3, 0.4) is 0 Å². The van der Waals surface area contributed by atoms with Crippen LogP contribution < -0.4 is 0 Å². The van der Waals surface area contributed by atoms with Crippen LogP contribution in [-0.2, 0) is 0 Å². The molecule has 0 aliphatic rings. The molecule has 0 heterocycles. The van der Waals surface area contributed by atoms with Crippen molar-refractivity contribution < 1.29 is 0 Å². The van der Waals surface area contributed by atoms with E-state index in [4.69, 9.17) is 0 Å². The van der Waals surface area contributed by atoms with Crippen molar-refractivity contribution in [2.75, 3.05) is 0 Å². The normalized spacial score (nSPS) is 9.00. The third-order valence-electron chi connectivity index (χ3n) is 0. The zero-order valence-electron chi connectivity index (χ0n) is 10.7. The predicted octanol–water partition coefficient (Wildman–Crippen LogP) is 4.99. The van der Waals surface area contributed by atoms with Gasteiger partial charge < -0.3 is 0 Å². The van der Waals surface area contributed by atoms with E-state index in [1.54, 1.807) is 0 Å². The van der Waals surface area contributed by atoms with E-state index in [-0.39, 0.29) is 0 Å². The van der Waals surface area contributed by atoms with E-state index in [1.807, 2.05) is 0 Å². The molecule has 0 aliphatic heterocycles. The quantitative estimate of drug-likeness (QED) is 0.485. The van der Waals surface area contributed by atoms with Crippen LogP contribution in [0.25, 0.3) is 0 Å². The lowest BCUT2D eigenvalue weighted by Gasteiger charge is -1.79. The number of hydrogen-bond donors (Lipinski definition) is 0. The summed E-state index contributed by atoms with van der Waals surface area (Å²) in [6, 6.07) is 0. The highest BCUT2D eigenvalue weighted by Crippen LogP contribution is 1.81. The Morgan fingerprint density at radius 2 is 0.333 bits per heavy atom. The molecule has 0 bridgehead atoms. The van der Waals surface area contributed by atoms with Crippen molar-refractivity contribution in [3.05, 3.63) is 0 Å². The zero-order chi connectivity index (χ0) is 10.7. The maximum atomic E-state index is 2.17. The molecular weight excluding hydrogens is 144 g/mol. The molecule has 0 saturated heterocycles. The molecule has 0 heteroatoms. The molecule has 0 fully saturated rings. The summed E-state index contributed by atoms with van der Waals surface area (Å²) in [7, 11) is 0. The van der Waals surface area contributed by atoms with Gasteiger partial charge in [-0.15, -0.1) is 0 Å². The van der Waals surface area contributed by atoms with Crippen LogP contribution in [-0.4, -0.2) is 0 Å². The monoisotopic (exact) mass is 174 g/mol. The summed E-state index contributed by atoms with van der Waals surface area (Å²) in [5.41, 5.74) is 0. The standard InChI is InChI=1S/3C4H10/c3*1-4(2)3/h3*4H,1-3H3. The van der Waals surface area contributed by atoms with E-state index in [1.165, 1.54) is 0 Å². The zero-order valence-corrected chi connectivity index (χ0v) is 10.7. The highest BCUT2D eigenvalue weighted by molar-refractivity contribution is 4.21. The van der Waals surface area contributed by atoms with E-state index < -0.39 is 0 Å². The highest BCUT2D eigenvalue weighted by atomic mass is 13.8. The van der Waals surface area contributed by atoms with Crippen LogP contribution in [0.4, 0.5) is 0 Å². The third-order valence-corrected chi connectivity index (χ3v) is 0. The van der Waals surface area contributed by atoms with Gasteiger partial charge in [0.1, 0.15) is 0 Å². The molecule has 0 amide bonds. The molecule has 0 N–H and O–H groups in total. The Morgan fingerprint density at radius 1 is 0.333 bits per heavy atom. The van der Waals surface area contributed by atoms with Crippen LogP contribution in [0.1, 0.15) is 62.3 Å². The molecule has 0 aromatic carbocycles. The molecule has 0 aromatic rings. The molecule has 0 saturated carbocycles. The second kappa shape index (κ2) is 13.6. The van der Waals surface area contributed by atoms with Gasteiger partial charge in [-0.25, -0.2) is 0 Å². The fourth-order valence-corrected chi connectivity index (χ4v) is 0. The van der Waals surface area contributed by atoms with E-state index in [0.717, 1.165) is 17.8 Å². The van der Waals surface area contributed by atoms with Gasteiger partial charge in [0, 0.05) is 0 Å². The van der Waals surface area contributed by atoms with E-state index in [0.29, 0.717) is 0 Å². The van der Waals surface area contributed by atoms with Crippen LogP contribution in [0.2, 0.25) is 0 Å². The van der Waals surface area contributed by atoms with Gasteiger partial charge in [-0.1, -0.05) is 62.3 Å². The van der Waals surface area contributed by atoms with Gasteiger partial charge in [0.25, 0.3) is 0 Å². The minimum Gasteiger partial charge on any atom is -0.0630 e. The van der Waals surface area contributed by atoms with Crippen molar-refractivity contribution in [2.45, 2.75) is 62.3 Å². The maximum Gasteiger partial charge on any atom is -0.0500 e. The highest BCUT2D eigenvalue weighted by Gasteiger charge is 1.68. The van der Waals surface area contributed by atoms with Crippen molar-refractivity contribution in [1.29, 1.82) is 0 Å². The lowest BCUT2D eigenvalue weighted by atomic mass is 10.3. The van der Waals surface area contributed by atoms with Crippen molar-refractivity contribution in [2.24, 2.45) is 17.8 Å². The first-order chi connectivity index (χ1) is 5.20. The molecule has 0 aliphatic carbocycles. The van der Waals surface area contributed by atoms with Crippen LogP contribution in [0.5, 0.6) is 0 Å². The molecule has 0 rings (SSSR count). The van der Waals surface area contributed by atoms with Crippen LogP contribution in [0.15, 0.2) is 0 Å².